The minimum absolute atomic E-state index is 0.107. The molecule has 2 aromatic carbocycles. The topological polar surface area (TPSA) is 122 Å². The molecule has 1 aliphatic heterocycles. The van der Waals surface area contributed by atoms with Crippen LogP contribution in [0.2, 0.25) is 5.02 Å². The normalized spacial score (nSPS) is 15.0. The van der Waals surface area contributed by atoms with Crippen LogP contribution < -0.4 is 4.72 Å². The molecule has 1 fully saturated rings. The number of nitrogens with zero attached hydrogens (tertiary/aromatic N) is 4. The number of sulfonamides is 1. The van der Waals surface area contributed by atoms with E-state index in [0.29, 0.717) is 58.3 Å². The minimum Gasteiger partial charge on any atom is -0.461 e. The molecular weight excluding hydrogens is 595 g/mol. The van der Waals surface area contributed by atoms with Crippen molar-refractivity contribution >= 4 is 38.5 Å². The van der Waals surface area contributed by atoms with Gasteiger partial charge in [0.25, 0.3) is 0 Å². The molecule has 43 heavy (non-hydrogen) atoms. The number of hydrogen-bond acceptors (Lipinski definition) is 7. The van der Waals surface area contributed by atoms with Crippen LogP contribution in [0, 0.1) is 17.7 Å². The molecule has 0 atom stereocenters. The van der Waals surface area contributed by atoms with E-state index in [0.717, 1.165) is 25.9 Å². The van der Waals surface area contributed by atoms with Gasteiger partial charge >= 0.3 is 5.97 Å². The Morgan fingerprint density at radius 2 is 2.00 bits per heavy atom. The van der Waals surface area contributed by atoms with Crippen LogP contribution in [0.15, 0.2) is 48.7 Å². The Morgan fingerprint density at radius 1 is 1.21 bits per heavy atom. The number of aromatic amines is 1. The molecule has 230 valence electrons. The molecular formula is C30H36ClFN6O4S. The number of piperidine rings is 1. The fourth-order valence-electron chi connectivity index (χ4n) is 5.31. The average molecular weight is 631 g/mol. The molecule has 0 saturated carbocycles. The van der Waals surface area contributed by atoms with E-state index >= 15 is 0 Å². The lowest BCUT2D eigenvalue weighted by Crippen LogP contribution is -2.40. The number of ether oxygens (including phenoxy) is 1. The summed E-state index contributed by atoms with van der Waals surface area (Å²) in [5.41, 5.74) is 2.43. The van der Waals surface area contributed by atoms with Crippen molar-refractivity contribution in [2.24, 2.45) is 11.8 Å². The molecule has 3 heterocycles. The molecule has 5 rings (SSSR count). The van der Waals surface area contributed by atoms with Crippen molar-refractivity contribution in [1.29, 1.82) is 0 Å². The lowest BCUT2D eigenvalue weighted by atomic mass is 9.97. The number of carbonyl (C=O) groups excluding carboxylic acids is 1. The first-order valence-corrected chi connectivity index (χ1v) is 16.4. The van der Waals surface area contributed by atoms with E-state index in [2.05, 4.69) is 24.9 Å². The number of carbonyl (C=O) groups is 1. The molecule has 0 amide bonds. The molecule has 1 aliphatic rings. The van der Waals surface area contributed by atoms with Gasteiger partial charge in [-0.2, -0.15) is 0 Å². The number of H-pyrrole nitrogens is 1. The molecule has 0 spiro atoms. The van der Waals surface area contributed by atoms with Gasteiger partial charge in [0, 0.05) is 41.1 Å². The number of aromatic nitrogens is 4. The summed E-state index contributed by atoms with van der Waals surface area (Å²) in [6.07, 6.45) is 3.64. The highest BCUT2D eigenvalue weighted by Gasteiger charge is 2.25. The van der Waals surface area contributed by atoms with Gasteiger partial charge in [-0.3, -0.25) is 4.68 Å². The number of hydrogen-bond donors (Lipinski definition) is 2. The van der Waals surface area contributed by atoms with Crippen LogP contribution in [-0.4, -0.2) is 72.1 Å². The molecule has 0 unspecified atom stereocenters. The number of halogens is 2. The Kier molecular flexibility index (Phi) is 9.80. The maximum atomic E-state index is 14.2. The summed E-state index contributed by atoms with van der Waals surface area (Å²) in [7, 11) is -3.46. The van der Waals surface area contributed by atoms with Gasteiger partial charge in [-0.1, -0.05) is 42.8 Å². The number of esters is 1. The van der Waals surface area contributed by atoms with Crippen molar-refractivity contribution in [1.82, 2.24) is 29.6 Å². The van der Waals surface area contributed by atoms with E-state index in [1.54, 1.807) is 41.2 Å². The standard InChI is InChI=1S/C30H36ClFN6O4S/c1-20(2)18-42-30(39)29-28(25-15-24(32)6-7-26(25)34-29)27-17-38(36-35-27)16-21-8-11-37(12-9-21)13-10-33-43(40,41)19-22-4-3-5-23(31)14-22/h3-7,14-15,17,20-21,33-34H,8-13,16,18-19H2,1-2H3. The van der Waals surface area contributed by atoms with E-state index in [1.165, 1.54) is 12.1 Å². The zero-order valence-corrected chi connectivity index (χ0v) is 25.8. The fourth-order valence-corrected chi connectivity index (χ4v) is 6.65. The molecule has 0 radical (unpaired) electrons. The largest absolute Gasteiger partial charge is 0.461 e. The van der Waals surface area contributed by atoms with E-state index < -0.39 is 21.8 Å². The maximum Gasteiger partial charge on any atom is 0.355 e. The van der Waals surface area contributed by atoms with Crippen molar-refractivity contribution in [3.63, 3.8) is 0 Å². The van der Waals surface area contributed by atoms with E-state index in [1.807, 2.05) is 13.8 Å². The number of nitrogens with one attached hydrogen (secondary N) is 2. The van der Waals surface area contributed by atoms with Gasteiger partial charge in [0.05, 0.1) is 18.6 Å². The maximum absolute atomic E-state index is 14.2. The highest BCUT2D eigenvalue weighted by Crippen LogP contribution is 2.32. The predicted octanol–water partition coefficient (Wildman–Crippen LogP) is 4.86. The minimum atomic E-state index is -3.46. The summed E-state index contributed by atoms with van der Waals surface area (Å²) in [5, 5.41) is 9.70. The SMILES string of the molecule is CC(C)COC(=O)c1[nH]c2ccc(F)cc2c1-c1cn(CC2CCN(CCNS(=O)(=O)Cc3cccc(Cl)c3)CC2)nn1. The van der Waals surface area contributed by atoms with Crippen LogP contribution >= 0.6 is 11.6 Å². The molecule has 1 saturated heterocycles. The van der Waals surface area contributed by atoms with Gasteiger partial charge in [-0.25, -0.2) is 22.3 Å². The van der Waals surface area contributed by atoms with Crippen molar-refractivity contribution in [3.05, 3.63) is 70.8 Å². The van der Waals surface area contributed by atoms with Gasteiger partial charge in [0.2, 0.25) is 10.0 Å². The van der Waals surface area contributed by atoms with E-state index in [9.17, 15) is 17.6 Å². The Morgan fingerprint density at radius 3 is 2.74 bits per heavy atom. The van der Waals surface area contributed by atoms with Crippen molar-refractivity contribution in [3.8, 4) is 11.3 Å². The summed E-state index contributed by atoms with van der Waals surface area (Å²) in [4.78, 5) is 18.3. The Labute approximate surface area is 255 Å². The van der Waals surface area contributed by atoms with E-state index in [-0.39, 0.29) is 24.0 Å². The van der Waals surface area contributed by atoms with Crippen LogP contribution in [0.3, 0.4) is 0 Å². The quantitative estimate of drug-likeness (QED) is 0.214. The summed E-state index contributed by atoms with van der Waals surface area (Å²) in [5.74, 6) is -0.507. The highest BCUT2D eigenvalue weighted by atomic mass is 35.5. The predicted molar refractivity (Wildman–Crippen MR) is 164 cm³/mol. The smallest absolute Gasteiger partial charge is 0.355 e. The van der Waals surface area contributed by atoms with Crippen LogP contribution in [0.5, 0.6) is 0 Å². The van der Waals surface area contributed by atoms with Gasteiger partial charge in [-0.05, 0) is 73.7 Å². The second-order valence-corrected chi connectivity index (χ2v) is 13.7. The second-order valence-electron chi connectivity index (χ2n) is 11.5. The van der Waals surface area contributed by atoms with Crippen LogP contribution in [0.1, 0.15) is 42.7 Å². The first-order valence-electron chi connectivity index (χ1n) is 14.4. The molecule has 0 aliphatic carbocycles. The molecule has 2 N–H and O–H groups in total. The second kappa shape index (κ2) is 13.5. The summed E-state index contributed by atoms with van der Waals surface area (Å²) in [6.45, 7) is 7.48. The Hall–Kier alpha value is -3.32. The summed E-state index contributed by atoms with van der Waals surface area (Å²) >= 11 is 5.97. The third-order valence-corrected chi connectivity index (χ3v) is 9.05. The number of likely N-dealkylation sites (tertiary alicyclic amines) is 1. The van der Waals surface area contributed by atoms with Gasteiger partial charge < -0.3 is 14.6 Å². The number of benzene rings is 2. The zero-order valence-electron chi connectivity index (χ0n) is 24.2. The number of rotatable bonds is 12. The van der Waals surface area contributed by atoms with Gasteiger partial charge in [-0.15, -0.1) is 5.10 Å². The average Bonchev–Trinajstić information content (AvgIpc) is 3.56. The van der Waals surface area contributed by atoms with Crippen LogP contribution in [0.25, 0.3) is 22.2 Å². The molecule has 10 nitrogen and oxygen atoms in total. The zero-order chi connectivity index (χ0) is 30.6. The Balaban J connectivity index is 1.16. The van der Waals surface area contributed by atoms with Gasteiger partial charge in [0.15, 0.2) is 0 Å². The lowest BCUT2D eigenvalue weighted by Gasteiger charge is -2.31. The van der Waals surface area contributed by atoms with Gasteiger partial charge in [0.1, 0.15) is 17.2 Å². The van der Waals surface area contributed by atoms with Crippen molar-refractivity contribution < 1.29 is 22.3 Å². The first kappa shape index (κ1) is 31.1. The highest BCUT2D eigenvalue weighted by molar-refractivity contribution is 7.88. The van der Waals surface area contributed by atoms with Crippen LogP contribution in [0.4, 0.5) is 4.39 Å². The fraction of sp³-hybridized carbons (Fsp3) is 0.433. The first-order chi connectivity index (χ1) is 20.6. The van der Waals surface area contributed by atoms with Crippen molar-refractivity contribution in [2.45, 2.75) is 39.0 Å². The monoisotopic (exact) mass is 630 g/mol. The summed E-state index contributed by atoms with van der Waals surface area (Å²) < 4.78 is 49.0. The third-order valence-electron chi connectivity index (χ3n) is 7.46. The molecule has 0 bridgehead atoms. The third kappa shape index (κ3) is 8.20. The number of fused-ring (bicyclic) bond motifs is 1. The Bertz CT molecular complexity index is 1680. The van der Waals surface area contributed by atoms with E-state index in [4.69, 9.17) is 16.3 Å². The molecule has 2 aromatic heterocycles. The van der Waals surface area contributed by atoms with Crippen molar-refractivity contribution in [2.75, 3.05) is 32.8 Å². The molecule has 4 aromatic rings. The molecule has 13 heteroatoms. The lowest BCUT2D eigenvalue weighted by molar-refractivity contribution is 0.0454. The van der Waals surface area contributed by atoms with Crippen LogP contribution in [-0.2, 0) is 27.1 Å². The summed E-state index contributed by atoms with van der Waals surface area (Å²) in [6, 6.07) is 11.2.